The molecule has 28 heavy (non-hydrogen) atoms. The first-order valence-electron chi connectivity index (χ1n) is 9.02. The van der Waals surface area contributed by atoms with Crippen LogP contribution in [0.15, 0.2) is 42.6 Å². The van der Waals surface area contributed by atoms with Crippen molar-refractivity contribution in [1.82, 2.24) is 10.3 Å². The van der Waals surface area contributed by atoms with Crippen LogP contribution in [0.3, 0.4) is 0 Å². The molecule has 0 saturated heterocycles. The van der Waals surface area contributed by atoms with Gasteiger partial charge in [0.1, 0.15) is 17.2 Å². The number of fused-ring (bicyclic) bond motifs is 1. The Kier molecular flexibility index (Phi) is 5.24. The SMILES string of the molecule is COc1cc2nccc(Oc3ccc(NC(=S)NC4CC4)c(Cl)c3)c2cc1C. The molecule has 0 unspecified atom stereocenters. The van der Waals surface area contributed by atoms with Gasteiger partial charge in [-0.15, -0.1) is 0 Å². The van der Waals surface area contributed by atoms with Crippen molar-refractivity contribution >= 4 is 45.5 Å². The van der Waals surface area contributed by atoms with Crippen molar-refractivity contribution in [2.24, 2.45) is 0 Å². The first-order valence-corrected chi connectivity index (χ1v) is 9.80. The van der Waals surface area contributed by atoms with Crippen molar-refractivity contribution in [3.05, 3.63) is 53.2 Å². The quantitative estimate of drug-likeness (QED) is 0.543. The van der Waals surface area contributed by atoms with Gasteiger partial charge in [-0.1, -0.05) is 11.6 Å². The third kappa shape index (κ3) is 4.13. The van der Waals surface area contributed by atoms with E-state index in [2.05, 4.69) is 15.6 Å². The third-order valence-corrected chi connectivity index (χ3v) is 5.08. The van der Waals surface area contributed by atoms with Crippen molar-refractivity contribution in [3.8, 4) is 17.2 Å². The van der Waals surface area contributed by atoms with Gasteiger partial charge >= 0.3 is 0 Å². The van der Waals surface area contributed by atoms with Crippen LogP contribution >= 0.6 is 23.8 Å². The molecular weight excluding hydrogens is 394 g/mol. The Morgan fingerprint density at radius 1 is 1.18 bits per heavy atom. The fourth-order valence-corrected chi connectivity index (χ4v) is 3.42. The molecule has 1 aliphatic carbocycles. The fourth-order valence-electron chi connectivity index (χ4n) is 2.92. The molecule has 4 rings (SSSR count). The molecule has 0 atom stereocenters. The van der Waals surface area contributed by atoms with Gasteiger partial charge in [0.15, 0.2) is 5.11 Å². The number of rotatable bonds is 5. The average molecular weight is 414 g/mol. The number of nitrogens with one attached hydrogen (secondary N) is 2. The Hall–Kier alpha value is -2.57. The van der Waals surface area contributed by atoms with Crippen molar-refractivity contribution < 1.29 is 9.47 Å². The Morgan fingerprint density at radius 2 is 2.00 bits per heavy atom. The average Bonchev–Trinajstić information content (AvgIpc) is 3.48. The summed E-state index contributed by atoms with van der Waals surface area (Å²) < 4.78 is 11.5. The van der Waals surface area contributed by atoms with Crippen molar-refractivity contribution in [2.45, 2.75) is 25.8 Å². The molecule has 0 aliphatic heterocycles. The highest BCUT2D eigenvalue weighted by molar-refractivity contribution is 7.80. The maximum atomic E-state index is 6.42. The van der Waals surface area contributed by atoms with Crippen LogP contribution < -0.4 is 20.1 Å². The van der Waals surface area contributed by atoms with Gasteiger partial charge in [0.05, 0.1) is 23.3 Å². The maximum absolute atomic E-state index is 6.42. The van der Waals surface area contributed by atoms with E-state index in [-0.39, 0.29) is 0 Å². The number of methoxy groups -OCH3 is 1. The van der Waals surface area contributed by atoms with Crippen molar-refractivity contribution in [2.75, 3.05) is 12.4 Å². The summed E-state index contributed by atoms with van der Waals surface area (Å²) in [5.74, 6) is 2.14. The van der Waals surface area contributed by atoms with Gasteiger partial charge in [-0.2, -0.15) is 0 Å². The number of ether oxygens (including phenoxy) is 2. The lowest BCUT2D eigenvalue weighted by Crippen LogP contribution is -2.30. The molecule has 0 bridgehead atoms. The molecule has 1 fully saturated rings. The second kappa shape index (κ2) is 7.81. The van der Waals surface area contributed by atoms with Gasteiger partial charge in [-0.25, -0.2) is 0 Å². The van der Waals surface area contributed by atoms with Gasteiger partial charge in [0.2, 0.25) is 0 Å². The van der Waals surface area contributed by atoms with E-state index in [1.165, 1.54) is 0 Å². The highest BCUT2D eigenvalue weighted by Gasteiger charge is 2.22. The summed E-state index contributed by atoms with van der Waals surface area (Å²) in [4.78, 5) is 4.41. The number of anilines is 1. The molecule has 0 amide bonds. The maximum Gasteiger partial charge on any atom is 0.171 e. The molecule has 144 valence electrons. The van der Waals surface area contributed by atoms with E-state index in [1.54, 1.807) is 19.4 Å². The predicted octanol–water partition coefficient (Wildman–Crippen LogP) is 5.45. The van der Waals surface area contributed by atoms with Gasteiger partial charge in [0.25, 0.3) is 0 Å². The monoisotopic (exact) mass is 413 g/mol. The standard InChI is InChI=1S/C21H20ClN3O2S/c1-12-9-15-18(11-20(12)26-2)23-8-7-19(15)27-14-5-6-17(16(22)10-14)25-21(28)24-13-3-4-13/h5-11,13H,3-4H2,1-2H3,(H2,24,25,28). The predicted molar refractivity (Wildman–Crippen MR) is 117 cm³/mol. The number of thiocarbonyl (C=S) groups is 1. The molecule has 0 spiro atoms. The van der Waals surface area contributed by atoms with E-state index < -0.39 is 0 Å². The number of pyridine rings is 1. The molecule has 1 saturated carbocycles. The van der Waals surface area contributed by atoms with E-state index in [0.717, 1.165) is 40.7 Å². The van der Waals surface area contributed by atoms with E-state index in [4.69, 9.17) is 33.3 Å². The Balaban J connectivity index is 1.56. The number of hydrogen-bond acceptors (Lipinski definition) is 4. The first-order chi connectivity index (χ1) is 13.5. The summed E-state index contributed by atoms with van der Waals surface area (Å²) in [6, 6.07) is 11.7. The normalized spacial score (nSPS) is 13.2. The highest BCUT2D eigenvalue weighted by atomic mass is 35.5. The number of halogens is 1. The second-order valence-electron chi connectivity index (χ2n) is 6.76. The van der Waals surface area contributed by atoms with Crippen LogP contribution in [0.5, 0.6) is 17.2 Å². The molecule has 0 radical (unpaired) electrons. The number of aryl methyl sites for hydroxylation is 1. The van der Waals surface area contributed by atoms with Gasteiger partial charge < -0.3 is 20.1 Å². The number of aromatic nitrogens is 1. The fraction of sp³-hybridized carbons (Fsp3) is 0.238. The zero-order valence-corrected chi connectivity index (χ0v) is 17.2. The van der Waals surface area contributed by atoms with Crippen molar-refractivity contribution in [1.29, 1.82) is 0 Å². The van der Waals surface area contributed by atoms with Crippen LogP contribution in [-0.2, 0) is 0 Å². The Bertz CT molecular complexity index is 1050. The summed E-state index contributed by atoms with van der Waals surface area (Å²) in [6.07, 6.45) is 4.03. The lowest BCUT2D eigenvalue weighted by Gasteiger charge is -2.14. The number of benzene rings is 2. The molecule has 7 heteroatoms. The van der Waals surface area contributed by atoms with E-state index in [1.807, 2.05) is 37.3 Å². The van der Waals surface area contributed by atoms with Crippen molar-refractivity contribution in [3.63, 3.8) is 0 Å². The van der Waals surface area contributed by atoms with Gasteiger partial charge in [-0.3, -0.25) is 4.98 Å². The second-order valence-corrected chi connectivity index (χ2v) is 7.58. The molecule has 5 nitrogen and oxygen atoms in total. The lowest BCUT2D eigenvalue weighted by atomic mass is 10.1. The molecule has 2 aromatic carbocycles. The topological polar surface area (TPSA) is 55.4 Å². The van der Waals surface area contributed by atoms with E-state index in [9.17, 15) is 0 Å². The van der Waals surface area contributed by atoms with Crippen LogP contribution in [0.4, 0.5) is 5.69 Å². The highest BCUT2D eigenvalue weighted by Crippen LogP contribution is 2.35. The summed E-state index contributed by atoms with van der Waals surface area (Å²) >= 11 is 11.7. The van der Waals surface area contributed by atoms with Crippen LogP contribution in [-0.4, -0.2) is 23.2 Å². The number of nitrogens with zero attached hydrogens (tertiary/aromatic N) is 1. The van der Waals surface area contributed by atoms with Gasteiger partial charge in [0, 0.05) is 29.8 Å². The third-order valence-electron chi connectivity index (χ3n) is 4.55. The minimum Gasteiger partial charge on any atom is -0.496 e. The van der Waals surface area contributed by atoms with Crippen LogP contribution in [0.1, 0.15) is 18.4 Å². The Morgan fingerprint density at radius 3 is 2.71 bits per heavy atom. The van der Waals surface area contributed by atoms with Crippen LogP contribution in [0.25, 0.3) is 10.9 Å². The molecule has 1 heterocycles. The van der Waals surface area contributed by atoms with Gasteiger partial charge in [-0.05, 0) is 61.8 Å². The van der Waals surface area contributed by atoms with Crippen LogP contribution in [0.2, 0.25) is 5.02 Å². The molecule has 3 aromatic rings. The lowest BCUT2D eigenvalue weighted by molar-refractivity contribution is 0.412. The minimum atomic E-state index is 0.489. The summed E-state index contributed by atoms with van der Waals surface area (Å²) in [5.41, 5.74) is 2.57. The first kappa shape index (κ1) is 18.8. The summed E-state index contributed by atoms with van der Waals surface area (Å²) in [5, 5.41) is 8.40. The zero-order valence-electron chi connectivity index (χ0n) is 15.6. The van der Waals surface area contributed by atoms with E-state index >= 15 is 0 Å². The smallest absolute Gasteiger partial charge is 0.171 e. The van der Waals surface area contributed by atoms with E-state index in [0.29, 0.717) is 27.7 Å². The molecule has 1 aliphatic rings. The minimum absolute atomic E-state index is 0.489. The summed E-state index contributed by atoms with van der Waals surface area (Å²) in [6.45, 7) is 1.99. The zero-order chi connectivity index (χ0) is 19.7. The largest absolute Gasteiger partial charge is 0.496 e. The van der Waals surface area contributed by atoms with Crippen LogP contribution in [0, 0.1) is 6.92 Å². The number of hydrogen-bond donors (Lipinski definition) is 2. The molecule has 2 N–H and O–H groups in total. The molecule has 1 aromatic heterocycles. The Labute approximate surface area is 174 Å². The molecular formula is C21H20ClN3O2S. The summed E-state index contributed by atoms with van der Waals surface area (Å²) in [7, 11) is 1.65.